The Morgan fingerprint density at radius 2 is 1.55 bits per heavy atom. The van der Waals surface area contributed by atoms with Crippen molar-refractivity contribution >= 4 is 14.3 Å². The van der Waals surface area contributed by atoms with Gasteiger partial charge < -0.3 is 0 Å². The molecule has 0 aliphatic carbocycles. The highest BCUT2D eigenvalue weighted by Crippen LogP contribution is 2.04. The monoisotopic (exact) mass is 152 g/mol. The van der Waals surface area contributed by atoms with Crippen molar-refractivity contribution in [2.45, 2.75) is 58.6 Å². The molecule has 0 aliphatic rings. The Bertz CT molecular complexity index is 56.6. The largest absolute Gasteiger partial charge is 0.0874 e. The summed E-state index contributed by atoms with van der Waals surface area (Å²) in [4.78, 5) is 0. The smallest absolute Gasteiger partial charge is 0.0865 e. The van der Waals surface area contributed by atoms with Crippen molar-refractivity contribution in [1.29, 1.82) is 0 Å². The van der Waals surface area contributed by atoms with E-state index >= 15 is 0 Å². The fourth-order valence-electron chi connectivity index (χ4n) is 1.38. The van der Waals surface area contributed by atoms with Crippen molar-refractivity contribution in [3.05, 3.63) is 0 Å². The van der Waals surface area contributed by atoms with Crippen molar-refractivity contribution in [3.63, 3.8) is 0 Å². The van der Waals surface area contributed by atoms with Gasteiger partial charge in [0.25, 0.3) is 0 Å². The van der Waals surface area contributed by atoms with Gasteiger partial charge in [-0.3, -0.25) is 0 Å². The second-order valence-corrected chi connectivity index (χ2v) is 3.47. The van der Waals surface area contributed by atoms with Crippen molar-refractivity contribution in [2.24, 2.45) is 0 Å². The van der Waals surface area contributed by atoms with Gasteiger partial charge in [-0.15, -0.1) is 0 Å². The highest BCUT2D eigenvalue weighted by molar-refractivity contribution is 7.00. The molecule has 0 fully saturated rings. The van der Waals surface area contributed by atoms with E-state index in [1.54, 1.807) is 0 Å². The molecule has 0 heterocycles. The lowest BCUT2D eigenvalue weighted by atomic mass is 9.36. The van der Waals surface area contributed by atoms with Crippen LogP contribution in [0.15, 0.2) is 0 Å². The molecule has 0 unspecified atom stereocenters. The van der Waals surface area contributed by atoms with Gasteiger partial charge in [0.15, 0.2) is 0 Å². The first-order chi connectivity index (χ1) is 5.41. The van der Waals surface area contributed by atoms with Crippen LogP contribution in [0.3, 0.4) is 0 Å². The standard InChI is InChI=1S/C9H22B2/c1-3-5-6-7-8-9-11-10-4-2/h10-11H,3-9H2,1-2H3. The Kier molecular flexibility index (Phi) is 10.2. The first-order valence-corrected chi connectivity index (χ1v) is 5.41. The van der Waals surface area contributed by atoms with Crippen LogP contribution in [0.1, 0.15) is 46.0 Å². The third kappa shape index (κ3) is 10.1. The van der Waals surface area contributed by atoms with Gasteiger partial charge in [-0.05, 0) is 0 Å². The first kappa shape index (κ1) is 11.1. The maximum absolute atomic E-state index is 2.27. The molecule has 0 N–H and O–H groups in total. The summed E-state index contributed by atoms with van der Waals surface area (Å²) in [6.45, 7) is 4.55. The fourth-order valence-corrected chi connectivity index (χ4v) is 1.38. The van der Waals surface area contributed by atoms with Gasteiger partial charge >= 0.3 is 0 Å². The van der Waals surface area contributed by atoms with Crippen LogP contribution in [0.2, 0.25) is 12.6 Å². The van der Waals surface area contributed by atoms with Gasteiger partial charge in [-0.25, -0.2) is 0 Å². The maximum Gasteiger partial charge on any atom is 0.0865 e. The topological polar surface area (TPSA) is 0 Å². The van der Waals surface area contributed by atoms with Gasteiger partial charge in [-0.1, -0.05) is 58.6 Å². The van der Waals surface area contributed by atoms with Crippen LogP contribution < -0.4 is 0 Å². The Labute approximate surface area is 73.6 Å². The highest BCUT2D eigenvalue weighted by Gasteiger charge is 1.91. The molecule has 0 aromatic rings. The fraction of sp³-hybridized carbons (Fsp3) is 1.00. The number of unbranched alkanes of at least 4 members (excludes halogenated alkanes) is 4. The summed E-state index contributed by atoms with van der Waals surface area (Å²) < 4.78 is 0. The van der Waals surface area contributed by atoms with E-state index in [2.05, 4.69) is 13.8 Å². The van der Waals surface area contributed by atoms with Crippen LogP contribution in [-0.4, -0.2) is 14.3 Å². The van der Waals surface area contributed by atoms with Gasteiger partial charge in [0, 0.05) is 0 Å². The van der Waals surface area contributed by atoms with Crippen molar-refractivity contribution in [2.75, 3.05) is 0 Å². The van der Waals surface area contributed by atoms with Crippen molar-refractivity contribution in [3.8, 4) is 0 Å². The Morgan fingerprint density at radius 1 is 0.818 bits per heavy atom. The van der Waals surface area contributed by atoms with Crippen molar-refractivity contribution in [1.82, 2.24) is 0 Å². The minimum absolute atomic E-state index is 1.37. The van der Waals surface area contributed by atoms with E-state index in [-0.39, 0.29) is 0 Å². The summed E-state index contributed by atoms with van der Waals surface area (Å²) in [5.41, 5.74) is 0. The number of hydrogen-bond donors (Lipinski definition) is 0. The summed E-state index contributed by atoms with van der Waals surface area (Å²) >= 11 is 0. The summed E-state index contributed by atoms with van der Waals surface area (Å²) in [5.74, 6) is 0. The lowest BCUT2D eigenvalue weighted by molar-refractivity contribution is 0.656. The minimum atomic E-state index is 1.37. The molecule has 2 heteroatoms. The molecule has 0 atom stereocenters. The van der Waals surface area contributed by atoms with Gasteiger partial charge in [0.2, 0.25) is 0 Å². The molecule has 0 bridgehead atoms. The molecule has 0 saturated heterocycles. The van der Waals surface area contributed by atoms with Crippen LogP contribution in [0.25, 0.3) is 0 Å². The highest BCUT2D eigenvalue weighted by atomic mass is 13.9. The SMILES string of the molecule is CCBBCCCCCCC. The van der Waals surface area contributed by atoms with E-state index in [0.717, 1.165) is 0 Å². The second kappa shape index (κ2) is 10.1. The molecule has 0 amide bonds. The zero-order valence-corrected chi connectivity index (χ0v) is 8.36. The summed E-state index contributed by atoms with van der Waals surface area (Å²) in [6.07, 6.45) is 10.1. The van der Waals surface area contributed by atoms with Gasteiger partial charge in [-0.2, -0.15) is 0 Å². The second-order valence-electron chi connectivity index (χ2n) is 3.47. The van der Waals surface area contributed by atoms with Crippen molar-refractivity contribution < 1.29 is 0 Å². The van der Waals surface area contributed by atoms with E-state index < -0.39 is 0 Å². The summed E-state index contributed by atoms with van der Waals surface area (Å²) in [7, 11) is 2.90. The van der Waals surface area contributed by atoms with E-state index in [1.165, 1.54) is 59.1 Å². The molecular weight excluding hydrogens is 130 g/mol. The molecule has 0 spiro atoms. The van der Waals surface area contributed by atoms with Crippen LogP contribution in [0.5, 0.6) is 0 Å². The lowest BCUT2D eigenvalue weighted by Crippen LogP contribution is -2.00. The minimum Gasteiger partial charge on any atom is -0.0874 e. The Morgan fingerprint density at radius 3 is 2.18 bits per heavy atom. The summed E-state index contributed by atoms with van der Waals surface area (Å²) in [5, 5.41) is 0. The van der Waals surface area contributed by atoms with Crippen LogP contribution in [0, 0.1) is 0 Å². The summed E-state index contributed by atoms with van der Waals surface area (Å²) in [6, 6.07) is 0. The molecule has 0 saturated carbocycles. The molecule has 0 aromatic heterocycles. The number of rotatable bonds is 8. The zero-order chi connectivity index (χ0) is 8.36. The average molecular weight is 152 g/mol. The van der Waals surface area contributed by atoms with E-state index in [0.29, 0.717) is 0 Å². The van der Waals surface area contributed by atoms with Crippen LogP contribution >= 0.6 is 0 Å². The third-order valence-corrected chi connectivity index (χ3v) is 2.21. The van der Waals surface area contributed by atoms with E-state index in [4.69, 9.17) is 0 Å². The Hall–Kier alpha value is 0.130. The molecular formula is C9H22B2. The first-order valence-electron chi connectivity index (χ1n) is 5.41. The zero-order valence-electron chi connectivity index (χ0n) is 8.36. The van der Waals surface area contributed by atoms with Gasteiger partial charge in [0.05, 0.1) is 14.3 Å². The maximum atomic E-state index is 2.27. The average Bonchev–Trinajstić information content (AvgIpc) is 2.03. The molecule has 0 radical (unpaired) electrons. The quantitative estimate of drug-likeness (QED) is 0.370. The molecule has 0 aliphatic heterocycles. The van der Waals surface area contributed by atoms with Crippen LogP contribution in [0.4, 0.5) is 0 Å². The Balaban J connectivity index is 2.69. The molecule has 11 heavy (non-hydrogen) atoms. The molecule has 0 rings (SSSR count). The molecule has 0 nitrogen and oxygen atoms in total. The normalized spacial score (nSPS) is 9.64. The van der Waals surface area contributed by atoms with E-state index in [1.807, 2.05) is 0 Å². The predicted molar refractivity (Wildman–Crippen MR) is 58.3 cm³/mol. The molecule has 0 aromatic carbocycles. The lowest BCUT2D eigenvalue weighted by Gasteiger charge is -1.97. The molecule has 64 valence electrons. The van der Waals surface area contributed by atoms with E-state index in [9.17, 15) is 0 Å². The van der Waals surface area contributed by atoms with Gasteiger partial charge in [0.1, 0.15) is 0 Å². The predicted octanol–water partition coefficient (Wildman–Crippen LogP) is 2.60. The third-order valence-electron chi connectivity index (χ3n) is 2.21. The number of hydrogen-bond acceptors (Lipinski definition) is 0. The van der Waals surface area contributed by atoms with Crippen LogP contribution in [-0.2, 0) is 0 Å².